The summed E-state index contributed by atoms with van der Waals surface area (Å²) in [6.07, 6.45) is 1.95. The molecule has 6 nitrogen and oxygen atoms in total. The Hall–Kier alpha value is -2.93. The van der Waals surface area contributed by atoms with E-state index in [0.717, 1.165) is 17.3 Å². The lowest BCUT2D eigenvalue weighted by atomic mass is 10.3. The molecule has 0 saturated carbocycles. The molecule has 0 spiro atoms. The summed E-state index contributed by atoms with van der Waals surface area (Å²) in [7, 11) is 0. The van der Waals surface area contributed by atoms with Crippen LogP contribution in [0.4, 0.5) is 10.9 Å². The maximum Gasteiger partial charge on any atom is 0.226 e. The number of para-hydroxylation sites is 1. The highest BCUT2D eigenvalue weighted by Gasteiger charge is 2.08. The van der Waals surface area contributed by atoms with Gasteiger partial charge >= 0.3 is 0 Å². The molecule has 0 fully saturated rings. The predicted octanol–water partition coefficient (Wildman–Crippen LogP) is 3.02. The second-order valence-corrected chi connectivity index (χ2v) is 6.03. The zero-order valence-corrected chi connectivity index (χ0v) is 14.3. The van der Waals surface area contributed by atoms with Crippen molar-refractivity contribution in [3.05, 3.63) is 65.8 Å². The Morgan fingerprint density at radius 1 is 1.12 bits per heavy atom. The number of carbonyl (C=O) groups is 1. The van der Waals surface area contributed by atoms with Gasteiger partial charge in [0, 0.05) is 11.6 Å². The van der Waals surface area contributed by atoms with E-state index in [-0.39, 0.29) is 12.3 Å². The average Bonchev–Trinajstić information content (AvgIpc) is 3.07. The van der Waals surface area contributed by atoms with Crippen LogP contribution in [0, 0.1) is 0 Å². The predicted molar refractivity (Wildman–Crippen MR) is 98.3 cm³/mol. The molecule has 2 aromatic heterocycles. The molecular weight excluding hydrogens is 336 g/mol. The third-order valence-corrected chi connectivity index (χ3v) is 4.04. The molecule has 0 aliphatic rings. The minimum atomic E-state index is -0.0775. The molecule has 0 aliphatic carbocycles. The van der Waals surface area contributed by atoms with Crippen molar-refractivity contribution in [2.45, 2.75) is 6.42 Å². The first-order chi connectivity index (χ1) is 12.3. The number of benzene rings is 1. The van der Waals surface area contributed by atoms with Crippen molar-refractivity contribution >= 4 is 28.2 Å². The molecule has 1 amide bonds. The molecule has 0 atom stereocenters. The van der Waals surface area contributed by atoms with Crippen molar-refractivity contribution < 1.29 is 9.53 Å². The van der Waals surface area contributed by atoms with Crippen LogP contribution in [-0.2, 0) is 11.2 Å². The second-order valence-electron chi connectivity index (χ2n) is 5.17. The van der Waals surface area contributed by atoms with E-state index in [1.807, 2.05) is 53.9 Å². The van der Waals surface area contributed by atoms with Crippen molar-refractivity contribution in [2.24, 2.45) is 0 Å². The molecule has 25 heavy (non-hydrogen) atoms. The topological polar surface area (TPSA) is 76.1 Å². The van der Waals surface area contributed by atoms with E-state index < -0.39 is 0 Å². The average molecular weight is 354 g/mol. The molecule has 1 aromatic carbocycles. The van der Waals surface area contributed by atoms with Crippen molar-refractivity contribution in [3.63, 3.8) is 0 Å². The van der Waals surface area contributed by atoms with Gasteiger partial charge in [-0.25, -0.2) is 9.97 Å². The van der Waals surface area contributed by atoms with Crippen molar-refractivity contribution in [2.75, 3.05) is 18.5 Å². The summed E-state index contributed by atoms with van der Waals surface area (Å²) in [5.41, 5.74) is 0.727. The Morgan fingerprint density at radius 3 is 2.76 bits per heavy atom. The molecule has 0 saturated heterocycles. The van der Waals surface area contributed by atoms with Crippen molar-refractivity contribution in [3.8, 4) is 5.75 Å². The summed E-state index contributed by atoms with van der Waals surface area (Å²) in [6, 6.07) is 15.1. The lowest BCUT2D eigenvalue weighted by molar-refractivity contribution is -0.120. The van der Waals surface area contributed by atoms with Crippen LogP contribution in [0.15, 0.2) is 60.1 Å². The first kappa shape index (κ1) is 16.9. The number of amides is 1. The van der Waals surface area contributed by atoms with Crippen LogP contribution in [0.2, 0.25) is 0 Å². The molecule has 0 unspecified atom stereocenters. The number of aromatic nitrogens is 2. The van der Waals surface area contributed by atoms with E-state index in [1.54, 1.807) is 6.20 Å². The lowest BCUT2D eigenvalue weighted by Gasteiger charge is -2.07. The highest BCUT2D eigenvalue weighted by Crippen LogP contribution is 2.19. The number of nitrogens with zero attached hydrogens (tertiary/aromatic N) is 2. The fraction of sp³-hybridized carbons (Fsp3) is 0.167. The summed E-state index contributed by atoms with van der Waals surface area (Å²) in [5.74, 6) is 1.44. The van der Waals surface area contributed by atoms with Crippen molar-refractivity contribution in [1.82, 2.24) is 15.3 Å². The van der Waals surface area contributed by atoms with E-state index in [9.17, 15) is 4.79 Å². The van der Waals surface area contributed by atoms with Gasteiger partial charge in [-0.05, 0) is 24.3 Å². The molecule has 0 aliphatic heterocycles. The number of hydrogen-bond acceptors (Lipinski definition) is 6. The number of hydrogen-bond donors (Lipinski definition) is 2. The molecule has 0 radical (unpaired) electrons. The minimum absolute atomic E-state index is 0.0775. The molecule has 128 valence electrons. The first-order valence-corrected chi connectivity index (χ1v) is 8.74. The summed E-state index contributed by atoms with van der Waals surface area (Å²) in [6.45, 7) is 0.885. The molecule has 3 aromatic rings. The van der Waals surface area contributed by atoms with E-state index in [0.29, 0.717) is 18.3 Å². The Labute approximate surface area is 149 Å². The van der Waals surface area contributed by atoms with Gasteiger partial charge in [0.1, 0.15) is 18.2 Å². The number of ether oxygens (including phenoxy) is 1. The van der Waals surface area contributed by atoms with E-state index >= 15 is 0 Å². The van der Waals surface area contributed by atoms with Crippen LogP contribution < -0.4 is 15.4 Å². The van der Waals surface area contributed by atoms with Crippen LogP contribution in [0.1, 0.15) is 5.69 Å². The van der Waals surface area contributed by atoms with E-state index in [1.165, 1.54) is 11.3 Å². The normalized spacial score (nSPS) is 10.2. The van der Waals surface area contributed by atoms with Gasteiger partial charge in [0.05, 0.1) is 18.7 Å². The fourth-order valence-electron chi connectivity index (χ4n) is 2.09. The van der Waals surface area contributed by atoms with Gasteiger partial charge in [0.25, 0.3) is 0 Å². The number of rotatable bonds is 8. The van der Waals surface area contributed by atoms with Crippen LogP contribution in [0.5, 0.6) is 5.75 Å². The quantitative estimate of drug-likeness (QED) is 0.608. The maximum atomic E-state index is 12.0. The second kappa shape index (κ2) is 8.79. The van der Waals surface area contributed by atoms with Gasteiger partial charge < -0.3 is 15.4 Å². The summed E-state index contributed by atoms with van der Waals surface area (Å²) < 4.78 is 5.53. The monoisotopic (exact) mass is 354 g/mol. The van der Waals surface area contributed by atoms with E-state index in [2.05, 4.69) is 20.6 Å². The number of thiazole rings is 1. The van der Waals surface area contributed by atoms with Gasteiger partial charge in [-0.1, -0.05) is 24.3 Å². The standard InChI is InChI=1S/C18H18N4O2S/c23-17(20-10-11-24-15-6-2-1-3-7-15)12-14-13-25-18(21-14)22-16-8-4-5-9-19-16/h1-9,13H,10-12H2,(H,20,23)(H,19,21,22). The van der Waals surface area contributed by atoms with Crippen molar-refractivity contribution in [1.29, 1.82) is 0 Å². The molecular formula is C18H18N4O2S. The molecule has 7 heteroatoms. The van der Waals surface area contributed by atoms with E-state index in [4.69, 9.17) is 4.74 Å². The van der Waals surface area contributed by atoms with Gasteiger partial charge in [0.2, 0.25) is 5.91 Å². The Kier molecular flexibility index (Phi) is 5.95. The number of pyridine rings is 1. The molecule has 2 N–H and O–H groups in total. The fourth-order valence-corrected chi connectivity index (χ4v) is 2.81. The molecule has 2 heterocycles. The third kappa shape index (κ3) is 5.58. The van der Waals surface area contributed by atoms with Crippen LogP contribution in [0.25, 0.3) is 0 Å². The van der Waals surface area contributed by atoms with Gasteiger partial charge in [-0.15, -0.1) is 11.3 Å². The van der Waals surface area contributed by atoms with Gasteiger partial charge in [-0.3, -0.25) is 4.79 Å². The molecule has 0 bridgehead atoms. The zero-order valence-electron chi connectivity index (χ0n) is 13.5. The van der Waals surface area contributed by atoms with Crippen LogP contribution in [0.3, 0.4) is 0 Å². The Balaban J connectivity index is 1.39. The first-order valence-electron chi connectivity index (χ1n) is 7.86. The Morgan fingerprint density at radius 2 is 1.96 bits per heavy atom. The summed E-state index contributed by atoms with van der Waals surface area (Å²) in [4.78, 5) is 20.5. The van der Waals surface area contributed by atoms with Crippen LogP contribution in [-0.4, -0.2) is 29.0 Å². The smallest absolute Gasteiger partial charge is 0.226 e. The number of anilines is 2. The molecule has 3 rings (SSSR count). The van der Waals surface area contributed by atoms with Gasteiger partial charge in [0.15, 0.2) is 5.13 Å². The summed E-state index contributed by atoms with van der Waals surface area (Å²) in [5, 5.41) is 8.52. The third-order valence-electron chi connectivity index (χ3n) is 3.23. The van der Waals surface area contributed by atoms with Gasteiger partial charge in [-0.2, -0.15) is 0 Å². The highest BCUT2D eigenvalue weighted by molar-refractivity contribution is 7.13. The Bertz CT molecular complexity index is 793. The SMILES string of the molecule is O=C(Cc1csc(Nc2ccccn2)n1)NCCOc1ccccc1. The lowest BCUT2D eigenvalue weighted by Crippen LogP contribution is -2.29. The highest BCUT2D eigenvalue weighted by atomic mass is 32.1. The zero-order chi connectivity index (χ0) is 17.3. The number of nitrogens with one attached hydrogen (secondary N) is 2. The van der Waals surface area contributed by atoms with Crippen LogP contribution >= 0.6 is 11.3 Å². The summed E-state index contributed by atoms with van der Waals surface area (Å²) >= 11 is 1.45. The number of carbonyl (C=O) groups excluding carboxylic acids is 1. The maximum absolute atomic E-state index is 12.0. The largest absolute Gasteiger partial charge is 0.492 e. The minimum Gasteiger partial charge on any atom is -0.492 e.